The van der Waals surface area contributed by atoms with E-state index in [0.29, 0.717) is 10.0 Å². The van der Waals surface area contributed by atoms with Crippen LogP contribution in [0.2, 0.25) is 10.0 Å². The Hall–Kier alpha value is -2.62. The number of para-hydroxylation sites is 1. The van der Waals surface area contributed by atoms with Crippen LogP contribution in [-0.4, -0.2) is 17.9 Å². The molecule has 0 saturated carbocycles. The van der Waals surface area contributed by atoms with Crippen LogP contribution in [0, 0.1) is 0 Å². The van der Waals surface area contributed by atoms with E-state index in [9.17, 15) is 0 Å². The van der Waals surface area contributed by atoms with Crippen LogP contribution in [0.3, 0.4) is 0 Å². The fourth-order valence-corrected chi connectivity index (χ4v) is 3.30. The van der Waals surface area contributed by atoms with Crippen LogP contribution in [0.4, 0.5) is 0 Å². The van der Waals surface area contributed by atoms with E-state index in [2.05, 4.69) is 12.5 Å². The third-order valence-corrected chi connectivity index (χ3v) is 4.84. The first-order chi connectivity index (χ1) is 13.1. The molecule has 0 N–H and O–H groups in total. The Labute approximate surface area is 168 Å². The van der Waals surface area contributed by atoms with E-state index < -0.39 is 0 Å². The van der Waals surface area contributed by atoms with Crippen LogP contribution in [0.5, 0.6) is 11.5 Å². The zero-order valence-corrected chi connectivity index (χ0v) is 15.8. The molecule has 2 nitrogen and oxygen atoms in total. The number of hydrogen-bond acceptors (Lipinski definition) is 2. The predicted molar refractivity (Wildman–Crippen MR) is 115 cm³/mol. The molecule has 0 radical (unpaired) electrons. The number of hydrogen-bond donors (Lipinski definition) is 0. The van der Waals surface area contributed by atoms with Gasteiger partial charge in [-0.25, -0.2) is 0 Å². The molecule has 0 amide bonds. The molecule has 27 heavy (non-hydrogen) atoms. The van der Waals surface area contributed by atoms with Crippen molar-refractivity contribution in [2.45, 2.75) is 0 Å². The minimum atomic E-state index is 0.617. The van der Waals surface area contributed by atoms with Gasteiger partial charge in [0.1, 0.15) is 0 Å². The van der Waals surface area contributed by atoms with Gasteiger partial charge in [0, 0.05) is 0 Å². The average molecular weight is 390 g/mol. The Bertz CT molecular complexity index is 1140. The molecular weight excluding hydrogens is 376 g/mol. The number of aromatic nitrogens is 1. The summed E-state index contributed by atoms with van der Waals surface area (Å²) in [4.78, 5) is 4.41. The molecule has 0 saturated heterocycles. The van der Waals surface area contributed by atoms with Crippen LogP contribution < -0.4 is 4.74 Å². The van der Waals surface area contributed by atoms with Gasteiger partial charge in [-0.3, -0.25) is 0 Å². The first-order valence-corrected chi connectivity index (χ1v) is 9.14. The van der Waals surface area contributed by atoms with Gasteiger partial charge in [-0.2, -0.15) is 0 Å². The molecule has 1 aromatic heterocycles. The summed E-state index contributed by atoms with van der Waals surface area (Å²) in [5, 5.41) is 2.28. The van der Waals surface area contributed by atoms with Gasteiger partial charge >= 0.3 is 168 Å². The minimum absolute atomic E-state index is 0.617. The van der Waals surface area contributed by atoms with E-state index in [1.807, 2.05) is 60.7 Å². The number of fused-ring (bicyclic) bond motifs is 1. The second-order valence-electron chi connectivity index (χ2n) is 6.06. The number of halogens is 2. The topological polar surface area (TPSA) is 22.1 Å². The predicted octanol–water partition coefficient (Wildman–Crippen LogP) is 5.80. The SMILES string of the molecule is B=C(c1ccc(Oc2cccc3cccnc23)cc1)c1cc(Cl)ccc1Cl. The average Bonchev–Trinajstić information content (AvgIpc) is 2.70. The van der Waals surface area contributed by atoms with Gasteiger partial charge < -0.3 is 0 Å². The quantitative estimate of drug-likeness (QED) is 0.411. The van der Waals surface area contributed by atoms with Gasteiger partial charge in [-0.1, -0.05) is 0 Å². The molecule has 1 heterocycles. The van der Waals surface area contributed by atoms with E-state index in [0.717, 1.165) is 39.0 Å². The van der Waals surface area contributed by atoms with Crippen molar-refractivity contribution < 1.29 is 4.74 Å². The van der Waals surface area contributed by atoms with E-state index in [1.54, 1.807) is 18.3 Å². The Morgan fingerprint density at radius 3 is 2.48 bits per heavy atom. The van der Waals surface area contributed by atoms with E-state index in [-0.39, 0.29) is 0 Å². The summed E-state index contributed by atoms with van der Waals surface area (Å²) in [5.41, 5.74) is 3.40. The van der Waals surface area contributed by atoms with Crippen LogP contribution in [-0.2, 0) is 0 Å². The van der Waals surface area contributed by atoms with Crippen LogP contribution in [0.1, 0.15) is 11.1 Å². The maximum atomic E-state index is 6.28. The fraction of sp³-hybridized carbons (Fsp3) is 0. The molecule has 4 rings (SSSR count). The van der Waals surface area contributed by atoms with Crippen molar-refractivity contribution in [1.82, 2.24) is 4.98 Å². The monoisotopic (exact) mass is 389 g/mol. The summed E-state index contributed by atoms with van der Waals surface area (Å²) >= 11 is 12.4. The molecule has 0 aliphatic heterocycles. The van der Waals surface area contributed by atoms with Crippen molar-refractivity contribution >= 4 is 47.1 Å². The molecule has 0 bridgehead atoms. The Morgan fingerprint density at radius 1 is 0.889 bits per heavy atom. The summed E-state index contributed by atoms with van der Waals surface area (Å²) < 4.78 is 6.04. The second kappa shape index (κ2) is 7.55. The van der Waals surface area contributed by atoms with Crippen molar-refractivity contribution in [3.8, 4) is 11.5 Å². The molecule has 0 unspecified atom stereocenters. The van der Waals surface area contributed by atoms with Gasteiger partial charge in [0.05, 0.1) is 0 Å². The molecule has 0 atom stereocenters. The van der Waals surface area contributed by atoms with Crippen LogP contribution >= 0.6 is 23.2 Å². The second-order valence-corrected chi connectivity index (χ2v) is 6.90. The van der Waals surface area contributed by atoms with Crippen molar-refractivity contribution in [3.05, 3.63) is 100 Å². The molecule has 130 valence electrons. The summed E-state index contributed by atoms with van der Waals surface area (Å²) in [6.45, 7) is 0. The van der Waals surface area contributed by atoms with E-state index >= 15 is 0 Å². The molecule has 0 aliphatic rings. The summed E-state index contributed by atoms with van der Waals surface area (Å²) in [6, 6.07) is 22.9. The first-order valence-electron chi connectivity index (χ1n) is 8.38. The molecule has 0 aliphatic carbocycles. The summed E-state index contributed by atoms with van der Waals surface area (Å²) in [6.07, 6.45) is 1.76. The number of ether oxygens (including phenoxy) is 1. The zero-order chi connectivity index (χ0) is 18.8. The van der Waals surface area contributed by atoms with Gasteiger partial charge in [-0.05, 0) is 0 Å². The Morgan fingerprint density at radius 2 is 1.67 bits per heavy atom. The molecular formula is C22H14BCl2NO. The third kappa shape index (κ3) is 3.75. The van der Waals surface area contributed by atoms with Crippen molar-refractivity contribution in [1.29, 1.82) is 0 Å². The third-order valence-electron chi connectivity index (χ3n) is 4.28. The zero-order valence-electron chi connectivity index (χ0n) is 14.3. The maximum absolute atomic E-state index is 6.28. The Balaban J connectivity index is 1.60. The fourth-order valence-electron chi connectivity index (χ4n) is 2.89. The molecule has 5 heteroatoms. The van der Waals surface area contributed by atoms with Gasteiger partial charge in [-0.15, -0.1) is 0 Å². The standard InChI is InChI=1S/C22H14BCl2NO/c23-21(18-13-16(24)8-11-19(18)25)14-6-9-17(10-7-14)27-20-5-1-3-15-4-2-12-26-22(15)20/h1-13,23H. The number of nitrogens with zero attached hydrogens (tertiary/aromatic N) is 1. The summed E-state index contributed by atoms with van der Waals surface area (Å²) in [7, 11) is 4.16. The van der Waals surface area contributed by atoms with Crippen LogP contribution in [0.25, 0.3) is 10.9 Å². The van der Waals surface area contributed by atoms with E-state index in [1.165, 1.54) is 0 Å². The van der Waals surface area contributed by atoms with Crippen LogP contribution in [0.15, 0.2) is 79.0 Å². The first kappa shape index (κ1) is 17.8. The van der Waals surface area contributed by atoms with Gasteiger partial charge in [0.2, 0.25) is 0 Å². The number of benzene rings is 3. The normalized spacial score (nSPS) is 10.7. The van der Waals surface area contributed by atoms with Crippen molar-refractivity contribution in [3.63, 3.8) is 0 Å². The molecule has 3 aromatic carbocycles. The molecule has 4 aromatic rings. The van der Waals surface area contributed by atoms with Gasteiger partial charge in [0.25, 0.3) is 0 Å². The van der Waals surface area contributed by atoms with E-state index in [4.69, 9.17) is 27.9 Å². The molecule has 0 fully saturated rings. The molecule has 0 spiro atoms. The number of rotatable bonds is 4. The van der Waals surface area contributed by atoms with Gasteiger partial charge in [0.15, 0.2) is 0 Å². The summed E-state index contributed by atoms with van der Waals surface area (Å²) in [5.74, 6) is 1.44. The van der Waals surface area contributed by atoms with Crippen molar-refractivity contribution in [2.24, 2.45) is 0 Å². The Kier molecular flexibility index (Phi) is 4.98. The van der Waals surface area contributed by atoms with Crippen molar-refractivity contribution in [2.75, 3.05) is 0 Å². The number of pyridine rings is 1.